The van der Waals surface area contributed by atoms with Crippen LogP contribution in [0.25, 0.3) is 0 Å². The third-order valence-corrected chi connectivity index (χ3v) is 4.19. The average Bonchev–Trinajstić information content (AvgIpc) is 2.31. The van der Waals surface area contributed by atoms with Gasteiger partial charge in [0.15, 0.2) is 0 Å². The lowest BCUT2D eigenvalue weighted by molar-refractivity contribution is -0.119. The van der Waals surface area contributed by atoms with Crippen molar-refractivity contribution in [2.45, 2.75) is 32.6 Å². The SMILES string of the molecule is CC(C)[C@H](C)NC(=O)CSCc1ccccc1Cl. The van der Waals surface area contributed by atoms with Gasteiger partial charge in [-0.25, -0.2) is 0 Å². The van der Waals surface area contributed by atoms with Crippen LogP contribution in [-0.4, -0.2) is 17.7 Å². The summed E-state index contributed by atoms with van der Waals surface area (Å²) in [6.45, 7) is 6.23. The fourth-order valence-corrected chi connectivity index (χ4v) is 2.46. The van der Waals surface area contributed by atoms with Crippen molar-refractivity contribution in [3.63, 3.8) is 0 Å². The molecule has 1 aromatic rings. The Morgan fingerprint density at radius 2 is 2.00 bits per heavy atom. The molecule has 0 saturated carbocycles. The second-order valence-electron chi connectivity index (χ2n) is 4.68. The van der Waals surface area contributed by atoms with Crippen LogP contribution in [0.4, 0.5) is 0 Å². The van der Waals surface area contributed by atoms with Crippen LogP contribution >= 0.6 is 23.4 Å². The van der Waals surface area contributed by atoms with Gasteiger partial charge in [-0.1, -0.05) is 43.6 Å². The summed E-state index contributed by atoms with van der Waals surface area (Å²) in [6, 6.07) is 7.96. The van der Waals surface area contributed by atoms with Crippen molar-refractivity contribution in [2.24, 2.45) is 5.92 Å². The van der Waals surface area contributed by atoms with E-state index < -0.39 is 0 Å². The Kier molecular flexibility index (Phi) is 6.58. The highest BCUT2D eigenvalue weighted by Crippen LogP contribution is 2.20. The van der Waals surface area contributed by atoms with Gasteiger partial charge in [0.25, 0.3) is 0 Å². The molecule has 0 bridgehead atoms. The topological polar surface area (TPSA) is 29.1 Å². The first kappa shape index (κ1) is 15.4. The highest BCUT2D eigenvalue weighted by Gasteiger charge is 2.10. The van der Waals surface area contributed by atoms with Gasteiger partial charge in [-0.15, -0.1) is 11.8 Å². The van der Waals surface area contributed by atoms with Crippen LogP contribution in [0.3, 0.4) is 0 Å². The number of halogens is 1. The molecule has 0 aliphatic heterocycles. The van der Waals surface area contributed by atoms with Gasteiger partial charge >= 0.3 is 0 Å². The molecule has 0 fully saturated rings. The van der Waals surface area contributed by atoms with Crippen molar-refractivity contribution < 1.29 is 4.79 Å². The van der Waals surface area contributed by atoms with E-state index in [4.69, 9.17) is 11.6 Å². The zero-order valence-electron chi connectivity index (χ0n) is 11.1. The fraction of sp³-hybridized carbons (Fsp3) is 0.500. The molecule has 18 heavy (non-hydrogen) atoms. The van der Waals surface area contributed by atoms with Gasteiger partial charge in [0, 0.05) is 16.8 Å². The standard InChI is InChI=1S/C14H20ClNOS/c1-10(2)11(3)16-14(17)9-18-8-12-6-4-5-7-13(12)15/h4-7,10-11H,8-9H2,1-3H3,(H,16,17)/t11-/m0/s1. The van der Waals surface area contributed by atoms with Gasteiger partial charge < -0.3 is 5.32 Å². The number of thioether (sulfide) groups is 1. The fourth-order valence-electron chi connectivity index (χ4n) is 1.33. The first-order chi connectivity index (χ1) is 8.50. The maximum absolute atomic E-state index is 11.7. The summed E-state index contributed by atoms with van der Waals surface area (Å²) in [5, 5.41) is 3.75. The second-order valence-corrected chi connectivity index (χ2v) is 6.08. The highest BCUT2D eigenvalue weighted by molar-refractivity contribution is 7.99. The Bertz CT molecular complexity index is 395. The Labute approximate surface area is 118 Å². The summed E-state index contributed by atoms with van der Waals surface area (Å²) in [6.07, 6.45) is 0. The molecule has 4 heteroatoms. The molecule has 0 saturated heterocycles. The zero-order valence-corrected chi connectivity index (χ0v) is 12.6. The summed E-state index contributed by atoms with van der Waals surface area (Å²) in [5.41, 5.74) is 1.08. The number of benzene rings is 1. The van der Waals surface area contributed by atoms with Crippen LogP contribution in [0.15, 0.2) is 24.3 Å². The molecule has 1 N–H and O–H groups in total. The van der Waals surface area contributed by atoms with Gasteiger partial charge in [-0.2, -0.15) is 0 Å². The van der Waals surface area contributed by atoms with Crippen LogP contribution in [-0.2, 0) is 10.5 Å². The summed E-state index contributed by atoms with van der Waals surface area (Å²) in [4.78, 5) is 11.7. The average molecular weight is 286 g/mol. The third-order valence-electron chi connectivity index (χ3n) is 2.84. The van der Waals surface area contributed by atoms with Crippen LogP contribution in [0.1, 0.15) is 26.3 Å². The Morgan fingerprint density at radius 3 is 2.61 bits per heavy atom. The smallest absolute Gasteiger partial charge is 0.230 e. The maximum atomic E-state index is 11.7. The van der Waals surface area contributed by atoms with Crippen molar-refractivity contribution >= 4 is 29.3 Å². The first-order valence-electron chi connectivity index (χ1n) is 6.11. The zero-order chi connectivity index (χ0) is 13.5. The van der Waals surface area contributed by atoms with Gasteiger partial charge in [-0.05, 0) is 24.5 Å². The van der Waals surface area contributed by atoms with E-state index in [1.165, 1.54) is 0 Å². The van der Waals surface area contributed by atoms with Crippen LogP contribution in [0.5, 0.6) is 0 Å². The van der Waals surface area contributed by atoms with Crippen LogP contribution in [0.2, 0.25) is 5.02 Å². The van der Waals surface area contributed by atoms with E-state index >= 15 is 0 Å². The predicted octanol–water partition coefficient (Wildman–Crippen LogP) is 3.73. The molecule has 2 nitrogen and oxygen atoms in total. The molecule has 1 aromatic carbocycles. The van der Waals surface area contributed by atoms with Gasteiger partial charge in [-0.3, -0.25) is 4.79 Å². The Morgan fingerprint density at radius 1 is 1.33 bits per heavy atom. The largest absolute Gasteiger partial charge is 0.353 e. The minimum Gasteiger partial charge on any atom is -0.353 e. The molecule has 0 spiro atoms. The monoisotopic (exact) mass is 285 g/mol. The number of rotatable bonds is 6. The minimum absolute atomic E-state index is 0.0910. The Hall–Kier alpha value is -0.670. The minimum atomic E-state index is 0.0910. The molecule has 100 valence electrons. The van der Waals surface area contributed by atoms with Crippen molar-refractivity contribution in [1.29, 1.82) is 0 Å². The number of amides is 1. The molecule has 0 heterocycles. The first-order valence-corrected chi connectivity index (χ1v) is 7.64. The number of carbonyl (C=O) groups excluding carboxylic acids is 1. The van der Waals surface area contributed by atoms with Crippen LogP contribution < -0.4 is 5.32 Å². The lowest BCUT2D eigenvalue weighted by Gasteiger charge is -2.17. The summed E-state index contributed by atoms with van der Waals surface area (Å²) < 4.78 is 0. The number of hydrogen-bond donors (Lipinski definition) is 1. The summed E-state index contributed by atoms with van der Waals surface area (Å²) in [5.74, 6) is 1.79. The molecule has 0 radical (unpaired) electrons. The lowest BCUT2D eigenvalue weighted by Crippen LogP contribution is -2.37. The van der Waals surface area contributed by atoms with Gasteiger partial charge in [0.2, 0.25) is 5.91 Å². The van der Waals surface area contributed by atoms with Gasteiger partial charge in [0.05, 0.1) is 5.75 Å². The molecule has 0 aliphatic carbocycles. The molecular formula is C14H20ClNOS. The van der Waals surface area contributed by atoms with E-state index in [0.717, 1.165) is 16.3 Å². The van der Waals surface area contributed by atoms with Crippen LogP contribution in [0, 0.1) is 5.92 Å². The van der Waals surface area contributed by atoms with E-state index in [-0.39, 0.29) is 11.9 Å². The molecule has 1 rings (SSSR count). The molecule has 1 amide bonds. The van der Waals surface area contributed by atoms with Gasteiger partial charge in [0.1, 0.15) is 0 Å². The van der Waals surface area contributed by atoms with E-state index in [0.29, 0.717) is 11.7 Å². The molecule has 0 unspecified atom stereocenters. The molecule has 0 aliphatic rings. The van der Waals surface area contributed by atoms with Crippen molar-refractivity contribution in [3.05, 3.63) is 34.9 Å². The third kappa shape index (κ3) is 5.32. The molecular weight excluding hydrogens is 266 g/mol. The molecule has 0 aromatic heterocycles. The summed E-state index contributed by atoms with van der Waals surface area (Å²) >= 11 is 7.64. The number of carbonyl (C=O) groups is 1. The normalized spacial score (nSPS) is 12.5. The van der Waals surface area contributed by atoms with Crippen molar-refractivity contribution in [2.75, 3.05) is 5.75 Å². The van der Waals surface area contributed by atoms with Crippen molar-refractivity contribution in [1.82, 2.24) is 5.32 Å². The summed E-state index contributed by atoms with van der Waals surface area (Å²) in [7, 11) is 0. The maximum Gasteiger partial charge on any atom is 0.230 e. The molecule has 1 atom stereocenters. The lowest BCUT2D eigenvalue weighted by atomic mass is 10.1. The Balaban J connectivity index is 2.30. The second kappa shape index (κ2) is 7.70. The number of nitrogens with one attached hydrogen (secondary N) is 1. The van der Waals surface area contributed by atoms with E-state index in [2.05, 4.69) is 19.2 Å². The van der Waals surface area contributed by atoms with E-state index in [1.807, 2.05) is 31.2 Å². The predicted molar refractivity (Wildman–Crippen MR) is 80.1 cm³/mol. The highest BCUT2D eigenvalue weighted by atomic mass is 35.5. The number of hydrogen-bond acceptors (Lipinski definition) is 2. The van der Waals surface area contributed by atoms with E-state index in [1.54, 1.807) is 11.8 Å². The quantitative estimate of drug-likeness (QED) is 0.863. The van der Waals surface area contributed by atoms with Crippen molar-refractivity contribution in [3.8, 4) is 0 Å². The van der Waals surface area contributed by atoms with E-state index in [9.17, 15) is 4.79 Å².